The number of aromatic nitrogens is 3. The Labute approximate surface area is 117 Å². The summed E-state index contributed by atoms with van der Waals surface area (Å²) in [5.41, 5.74) is 1.64. The number of pyridine rings is 1. The van der Waals surface area contributed by atoms with Crippen LogP contribution in [-0.4, -0.2) is 51.4 Å². The van der Waals surface area contributed by atoms with Gasteiger partial charge in [0.25, 0.3) is 0 Å². The zero-order valence-corrected chi connectivity index (χ0v) is 11.6. The van der Waals surface area contributed by atoms with Gasteiger partial charge in [-0.15, -0.1) is 0 Å². The molecule has 1 aliphatic rings. The Morgan fingerprint density at radius 1 is 1.55 bits per heavy atom. The highest BCUT2D eigenvalue weighted by atomic mass is 16.2. The van der Waals surface area contributed by atoms with E-state index in [0.717, 1.165) is 31.0 Å². The van der Waals surface area contributed by atoms with Gasteiger partial charge in [-0.2, -0.15) is 0 Å². The van der Waals surface area contributed by atoms with Crippen LogP contribution in [0.2, 0.25) is 0 Å². The number of carbonyl (C=O) groups is 1. The number of nitrogens with zero attached hydrogens (tertiary/aromatic N) is 3. The van der Waals surface area contributed by atoms with Gasteiger partial charge >= 0.3 is 0 Å². The highest BCUT2D eigenvalue weighted by Crippen LogP contribution is 2.10. The zero-order valence-electron chi connectivity index (χ0n) is 11.6. The zero-order chi connectivity index (χ0) is 13.9. The lowest BCUT2D eigenvalue weighted by atomic mass is 10.2. The summed E-state index contributed by atoms with van der Waals surface area (Å²) in [6.07, 6.45) is 2.85. The molecule has 1 fully saturated rings. The summed E-state index contributed by atoms with van der Waals surface area (Å²) < 4.78 is 0. The maximum atomic E-state index is 12.2. The molecule has 1 saturated heterocycles. The predicted molar refractivity (Wildman–Crippen MR) is 76.3 cm³/mol. The minimum atomic E-state index is 0.201. The fourth-order valence-corrected chi connectivity index (χ4v) is 2.56. The van der Waals surface area contributed by atoms with E-state index in [9.17, 15) is 4.79 Å². The number of H-pyrrole nitrogens is 1. The number of amides is 1. The van der Waals surface area contributed by atoms with E-state index < -0.39 is 0 Å². The highest BCUT2D eigenvalue weighted by molar-refractivity contribution is 5.77. The van der Waals surface area contributed by atoms with Gasteiger partial charge in [0.1, 0.15) is 5.82 Å². The van der Waals surface area contributed by atoms with Crippen LogP contribution in [0.1, 0.15) is 19.2 Å². The van der Waals surface area contributed by atoms with Gasteiger partial charge in [-0.25, -0.2) is 9.97 Å². The molecular formula is C14H19N5O. The first-order valence-electron chi connectivity index (χ1n) is 7.03. The summed E-state index contributed by atoms with van der Waals surface area (Å²) >= 11 is 0. The normalized spacial score (nSPS) is 19.4. The molecule has 6 heteroatoms. The molecule has 0 radical (unpaired) electrons. The summed E-state index contributed by atoms with van der Waals surface area (Å²) in [6.45, 7) is 4.57. The SMILES string of the molecule is C[C@H]1CN(C(=O)CCc2nc3ncccc3[nH]2)CCN1. The van der Waals surface area contributed by atoms with Crippen molar-refractivity contribution in [2.24, 2.45) is 0 Å². The van der Waals surface area contributed by atoms with E-state index >= 15 is 0 Å². The Morgan fingerprint density at radius 2 is 2.45 bits per heavy atom. The maximum absolute atomic E-state index is 12.2. The molecule has 2 N–H and O–H groups in total. The molecule has 6 nitrogen and oxygen atoms in total. The minimum Gasteiger partial charge on any atom is -0.341 e. The molecular weight excluding hydrogens is 254 g/mol. The van der Waals surface area contributed by atoms with Gasteiger partial charge in [0, 0.05) is 44.7 Å². The standard InChI is InChI=1S/C14H19N5O/c1-10-9-19(8-7-15-10)13(20)5-4-12-17-11-3-2-6-16-14(11)18-12/h2-3,6,10,15H,4-5,7-9H2,1H3,(H,16,17,18)/t10-/m0/s1. The lowest BCUT2D eigenvalue weighted by molar-refractivity contribution is -0.132. The van der Waals surface area contributed by atoms with Crippen LogP contribution in [0.3, 0.4) is 0 Å². The Balaban J connectivity index is 1.59. The van der Waals surface area contributed by atoms with E-state index in [1.165, 1.54) is 0 Å². The third-order valence-electron chi connectivity index (χ3n) is 3.60. The Bertz CT molecular complexity index is 575. The second kappa shape index (κ2) is 5.58. The molecule has 20 heavy (non-hydrogen) atoms. The lowest BCUT2D eigenvalue weighted by Crippen LogP contribution is -2.51. The van der Waals surface area contributed by atoms with Crippen molar-refractivity contribution in [1.82, 2.24) is 25.2 Å². The fraction of sp³-hybridized carbons (Fsp3) is 0.500. The number of piperazine rings is 1. The first kappa shape index (κ1) is 13.1. The van der Waals surface area contributed by atoms with Crippen LogP contribution < -0.4 is 5.32 Å². The molecule has 2 aromatic rings. The number of carbonyl (C=O) groups excluding carboxylic acids is 1. The van der Waals surface area contributed by atoms with Crippen LogP contribution in [0.25, 0.3) is 11.2 Å². The topological polar surface area (TPSA) is 73.9 Å². The van der Waals surface area contributed by atoms with Crippen LogP contribution in [-0.2, 0) is 11.2 Å². The van der Waals surface area contributed by atoms with Crippen LogP contribution in [0.4, 0.5) is 0 Å². The molecule has 0 bridgehead atoms. The summed E-state index contributed by atoms with van der Waals surface area (Å²) in [6, 6.07) is 4.19. The molecule has 1 aliphatic heterocycles. The number of nitrogens with one attached hydrogen (secondary N) is 2. The second-order valence-corrected chi connectivity index (χ2v) is 5.25. The van der Waals surface area contributed by atoms with Crippen LogP contribution in [0.5, 0.6) is 0 Å². The summed E-state index contributed by atoms with van der Waals surface area (Å²) in [5, 5.41) is 3.34. The Kier molecular flexibility index (Phi) is 3.64. The molecule has 0 aliphatic carbocycles. The molecule has 2 aromatic heterocycles. The molecule has 0 aromatic carbocycles. The molecule has 106 valence electrons. The lowest BCUT2D eigenvalue weighted by Gasteiger charge is -2.31. The van der Waals surface area contributed by atoms with Crippen molar-refractivity contribution in [3.8, 4) is 0 Å². The van der Waals surface area contributed by atoms with Gasteiger partial charge in [-0.1, -0.05) is 0 Å². The molecule has 0 saturated carbocycles. The van der Waals surface area contributed by atoms with Crippen molar-refractivity contribution >= 4 is 17.1 Å². The summed E-state index contributed by atoms with van der Waals surface area (Å²) in [7, 11) is 0. The maximum Gasteiger partial charge on any atom is 0.223 e. The van der Waals surface area contributed by atoms with Crippen molar-refractivity contribution in [2.75, 3.05) is 19.6 Å². The molecule has 0 spiro atoms. The van der Waals surface area contributed by atoms with Crippen LogP contribution >= 0.6 is 0 Å². The van der Waals surface area contributed by atoms with Crippen molar-refractivity contribution < 1.29 is 4.79 Å². The monoisotopic (exact) mass is 273 g/mol. The van der Waals surface area contributed by atoms with Crippen molar-refractivity contribution in [3.63, 3.8) is 0 Å². The quantitative estimate of drug-likeness (QED) is 0.864. The summed E-state index contributed by atoms with van der Waals surface area (Å²) in [4.78, 5) is 25.9. The van der Waals surface area contributed by atoms with E-state index in [2.05, 4.69) is 27.2 Å². The van der Waals surface area contributed by atoms with Crippen LogP contribution in [0.15, 0.2) is 18.3 Å². The third-order valence-corrected chi connectivity index (χ3v) is 3.60. The van der Waals surface area contributed by atoms with Crippen molar-refractivity contribution in [2.45, 2.75) is 25.8 Å². The molecule has 0 unspecified atom stereocenters. The van der Waals surface area contributed by atoms with Crippen molar-refractivity contribution in [1.29, 1.82) is 0 Å². The predicted octanol–water partition coefficient (Wildman–Crippen LogP) is 0.711. The number of hydrogen-bond acceptors (Lipinski definition) is 4. The largest absolute Gasteiger partial charge is 0.341 e. The van der Waals surface area contributed by atoms with Crippen LogP contribution in [0, 0.1) is 0 Å². The van der Waals surface area contributed by atoms with E-state index in [0.29, 0.717) is 24.5 Å². The van der Waals surface area contributed by atoms with Gasteiger partial charge in [0.2, 0.25) is 5.91 Å². The summed E-state index contributed by atoms with van der Waals surface area (Å²) in [5.74, 6) is 1.03. The van der Waals surface area contributed by atoms with E-state index in [1.54, 1.807) is 6.20 Å². The molecule has 3 rings (SSSR count). The average molecular weight is 273 g/mol. The third kappa shape index (κ3) is 2.80. The van der Waals surface area contributed by atoms with Gasteiger partial charge in [0.15, 0.2) is 5.65 Å². The van der Waals surface area contributed by atoms with Gasteiger partial charge < -0.3 is 15.2 Å². The van der Waals surface area contributed by atoms with Crippen molar-refractivity contribution in [3.05, 3.63) is 24.2 Å². The first-order valence-corrected chi connectivity index (χ1v) is 7.03. The number of imidazole rings is 1. The highest BCUT2D eigenvalue weighted by Gasteiger charge is 2.20. The molecule has 3 heterocycles. The van der Waals surface area contributed by atoms with E-state index in [1.807, 2.05) is 17.0 Å². The number of aromatic amines is 1. The molecule has 1 amide bonds. The Hall–Kier alpha value is -1.95. The fourth-order valence-electron chi connectivity index (χ4n) is 2.56. The number of rotatable bonds is 3. The smallest absolute Gasteiger partial charge is 0.223 e. The first-order chi connectivity index (χ1) is 9.72. The number of hydrogen-bond donors (Lipinski definition) is 2. The van der Waals surface area contributed by atoms with E-state index in [-0.39, 0.29) is 5.91 Å². The average Bonchev–Trinajstić information content (AvgIpc) is 2.87. The second-order valence-electron chi connectivity index (χ2n) is 5.25. The van der Waals surface area contributed by atoms with E-state index in [4.69, 9.17) is 0 Å². The van der Waals surface area contributed by atoms with Gasteiger partial charge in [-0.3, -0.25) is 4.79 Å². The Morgan fingerprint density at radius 3 is 3.25 bits per heavy atom. The van der Waals surface area contributed by atoms with Gasteiger partial charge in [-0.05, 0) is 19.1 Å². The minimum absolute atomic E-state index is 0.201. The molecule has 1 atom stereocenters. The number of fused-ring (bicyclic) bond motifs is 1. The number of aryl methyl sites for hydroxylation is 1. The van der Waals surface area contributed by atoms with Gasteiger partial charge in [0.05, 0.1) is 5.52 Å².